The van der Waals surface area contributed by atoms with Crippen LogP contribution >= 0.6 is 0 Å². The van der Waals surface area contributed by atoms with Gasteiger partial charge >= 0.3 is 0 Å². The van der Waals surface area contributed by atoms with Crippen molar-refractivity contribution in [1.29, 1.82) is 0 Å². The Morgan fingerprint density at radius 1 is 1.11 bits per heavy atom. The van der Waals surface area contributed by atoms with Crippen molar-refractivity contribution < 1.29 is 9.53 Å². The van der Waals surface area contributed by atoms with E-state index in [0.29, 0.717) is 19.5 Å². The van der Waals surface area contributed by atoms with Crippen LogP contribution < -0.4 is 20.3 Å². The third kappa shape index (κ3) is 5.73. The lowest BCUT2D eigenvalue weighted by Crippen LogP contribution is -2.32. The Morgan fingerprint density at radius 2 is 1.82 bits per heavy atom. The number of amides is 1. The molecule has 2 N–H and O–H groups in total. The zero-order chi connectivity index (χ0) is 19.8. The summed E-state index contributed by atoms with van der Waals surface area (Å²) in [5.74, 6) is 1.71. The van der Waals surface area contributed by atoms with Crippen molar-refractivity contribution in [2.24, 2.45) is 5.92 Å². The molecular weight excluding hydrogens is 350 g/mol. The van der Waals surface area contributed by atoms with Crippen molar-refractivity contribution in [2.45, 2.75) is 32.7 Å². The van der Waals surface area contributed by atoms with Crippen LogP contribution in [0.2, 0.25) is 0 Å². The van der Waals surface area contributed by atoms with Crippen LogP contribution in [0.1, 0.15) is 31.7 Å². The summed E-state index contributed by atoms with van der Waals surface area (Å²) < 4.78 is 5.34. The molecule has 0 atom stereocenters. The molecule has 3 rings (SSSR count). The number of hydrogen-bond acceptors (Lipinski definition) is 4. The first-order valence-electron chi connectivity index (χ1n) is 10.1. The van der Waals surface area contributed by atoms with Gasteiger partial charge in [-0.2, -0.15) is 0 Å². The standard InChI is InChI=1S/C23H31N3O2/c1-18-12-15-26(16-13-18)21-9-7-20(8-10-21)25-23(27)11-14-24-17-19-5-3-4-6-22(19)28-2/h3-10,18,24H,11-17H2,1-2H3,(H,25,27). The van der Waals surface area contributed by atoms with Crippen molar-refractivity contribution in [1.82, 2.24) is 5.32 Å². The fourth-order valence-electron chi connectivity index (χ4n) is 3.52. The maximum Gasteiger partial charge on any atom is 0.225 e. The van der Waals surface area contributed by atoms with Gasteiger partial charge in [-0.25, -0.2) is 0 Å². The topological polar surface area (TPSA) is 53.6 Å². The first-order valence-corrected chi connectivity index (χ1v) is 10.1. The van der Waals surface area contributed by atoms with E-state index >= 15 is 0 Å². The van der Waals surface area contributed by atoms with Gasteiger partial charge in [-0.05, 0) is 49.1 Å². The zero-order valence-electron chi connectivity index (χ0n) is 16.9. The van der Waals surface area contributed by atoms with E-state index in [1.807, 2.05) is 36.4 Å². The summed E-state index contributed by atoms with van der Waals surface area (Å²) in [6.45, 7) is 5.85. The van der Waals surface area contributed by atoms with Crippen LogP contribution in [0.25, 0.3) is 0 Å². The molecule has 0 saturated carbocycles. The van der Waals surface area contributed by atoms with Crippen LogP contribution in [0.15, 0.2) is 48.5 Å². The van der Waals surface area contributed by atoms with E-state index in [0.717, 1.165) is 36.0 Å². The molecule has 2 aromatic carbocycles. The Morgan fingerprint density at radius 3 is 2.54 bits per heavy atom. The Kier molecular flexibility index (Phi) is 7.31. The van der Waals surface area contributed by atoms with Gasteiger partial charge < -0.3 is 20.3 Å². The molecule has 0 aromatic heterocycles. The number of carbonyl (C=O) groups is 1. The van der Waals surface area contributed by atoms with Crippen molar-refractivity contribution in [2.75, 3.05) is 37.0 Å². The smallest absolute Gasteiger partial charge is 0.225 e. The molecule has 0 spiro atoms. The number of hydrogen-bond donors (Lipinski definition) is 2. The predicted molar refractivity (Wildman–Crippen MR) is 115 cm³/mol. The fourth-order valence-corrected chi connectivity index (χ4v) is 3.52. The number of ether oxygens (including phenoxy) is 1. The molecule has 1 amide bonds. The number of nitrogens with one attached hydrogen (secondary N) is 2. The van der Waals surface area contributed by atoms with E-state index in [1.165, 1.54) is 18.5 Å². The zero-order valence-corrected chi connectivity index (χ0v) is 16.9. The van der Waals surface area contributed by atoms with Crippen LogP contribution in [0.5, 0.6) is 5.75 Å². The lowest BCUT2D eigenvalue weighted by molar-refractivity contribution is -0.116. The second-order valence-corrected chi connectivity index (χ2v) is 7.50. The van der Waals surface area contributed by atoms with Gasteiger partial charge in [0.2, 0.25) is 5.91 Å². The molecule has 0 unspecified atom stereocenters. The van der Waals surface area contributed by atoms with E-state index in [-0.39, 0.29) is 5.91 Å². The third-order valence-electron chi connectivity index (χ3n) is 5.34. The lowest BCUT2D eigenvalue weighted by atomic mass is 9.99. The number of anilines is 2. The molecular formula is C23H31N3O2. The lowest BCUT2D eigenvalue weighted by Gasteiger charge is -2.32. The molecule has 0 bridgehead atoms. The van der Waals surface area contributed by atoms with Gasteiger partial charge in [-0.1, -0.05) is 25.1 Å². The summed E-state index contributed by atoms with van der Waals surface area (Å²) in [5.41, 5.74) is 3.18. The average Bonchev–Trinajstić information content (AvgIpc) is 2.73. The molecule has 5 nitrogen and oxygen atoms in total. The number of para-hydroxylation sites is 1. The fraction of sp³-hybridized carbons (Fsp3) is 0.435. The predicted octanol–water partition coefficient (Wildman–Crippen LogP) is 4.05. The Balaban J connectivity index is 1.40. The number of carbonyl (C=O) groups excluding carboxylic acids is 1. The summed E-state index contributed by atoms with van der Waals surface area (Å²) in [6, 6.07) is 16.1. The van der Waals surface area contributed by atoms with Crippen LogP contribution in [0.3, 0.4) is 0 Å². The third-order valence-corrected chi connectivity index (χ3v) is 5.34. The van der Waals surface area contributed by atoms with Gasteiger partial charge in [0.05, 0.1) is 7.11 Å². The van der Waals surface area contributed by atoms with E-state index in [2.05, 4.69) is 34.6 Å². The molecule has 28 heavy (non-hydrogen) atoms. The van der Waals surface area contributed by atoms with Gasteiger partial charge in [0, 0.05) is 49.5 Å². The molecule has 0 radical (unpaired) electrons. The summed E-state index contributed by atoms with van der Waals surface area (Å²) >= 11 is 0. The molecule has 1 heterocycles. The van der Waals surface area contributed by atoms with Crippen molar-refractivity contribution in [3.8, 4) is 5.75 Å². The van der Waals surface area contributed by atoms with Gasteiger partial charge in [-0.15, -0.1) is 0 Å². The molecule has 1 aliphatic heterocycles. The average molecular weight is 382 g/mol. The van der Waals surface area contributed by atoms with E-state index in [9.17, 15) is 4.79 Å². The number of piperidine rings is 1. The van der Waals surface area contributed by atoms with Crippen LogP contribution in [0.4, 0.5) is 11.4 Å². The molecule has 2 aromatic rings. The number of rotatable bonds is 8. The number of nitrogens with zero attached hydrogens (tertiary/aromatic N) is 1. The second kappa shape index (κ2) is 10.1. The minimum absolute atomic E-state index is 0.0204. The highest BCUT2D eigenvalue weighted by molar-refractivity contribution is 5.91. The second-order valence-electron chi connectivity index (χ2n) is 7.50. The Labute approximate surface area is 168 Å². The van der Waals surface area contributed by atoms with Crippen LogP contribution in [-0.4, -0.2) is 32.7 Å². The maximum absolute atomic E-state index is 12.2. The van der Waals surface area contributed by atoms with E-state index in [4.69, 9.17) is 4.74 Å². The van der Waals surface area contributed by atoms with E-state index in [1.54, 1.807) is 7.11 Å². The molecule has 1 fully saturated rings. The van der Waals surface area contributed by atoms with Crippen LogP contribution in [-0.2, 0) is 11.3 Å². The Hall–Kier alpha value is -2.53. The first kappa shape index (κ1) is 20.2. The Bertz CT molecular complexity index is 753. The summed E-state index contributed by atoms with van der Waals surface area (Å²) in [6.07, 6.45) is 2.93. The van der Waals surface area contributed by atoms with Crippen LogP contribution in [0, 0.1) is 5.92 Å². The summed E-state index contributed by atoms with van der Waals surface area (Å²) in [7, 11) is 1.67. The van der Waals surface area contributed by atoms with Crippen molar-refractivity contribution in [3.05, 3.63) is 54.1 Å². The highest BCUT2D eigenvalue weighted by Crippen LogP contribution is 2.24. The highest BCUT2D eigenvalue weighted by atomic mass is 16.5. The van der Waals surface area contributed by atoms with Crippen molar-refractivity contribution in [3.63, 3.8) is 0 Å². The first-order chi connectivity index (χ1) is 13.7. The van der Waals surface area contributed by atoms with E-state index < -0.39 is 0 Å². The quantitative estimate of drug-likeness (QED) is 0.678. The largest absolute Gasteiger partial charge is 0.496 e. The minimum Gasteiger partial charge on any atom is -0.496 e. The maximum atomic E-state index is 12.2. The SMILES string of the molecule is COc1ccccc1CNCCC(=O)Nc1ccc(N2CCC(C)CC2)cc1. The summed E-state index contributed by atoms with van der Waals surface area (Å²) in [5, 5.41) is 6.28. The summed E-state index contributed by atoms with van der Waals surface area (Å²) in [4.78, 5) is 14.6. The van der Waals surface area contributed by atoms with Gasteiger partial charge in [0.15, 0.2) is 0 Å². The molecule has 1 aliphatic rings. The molecule has 5 heteroatoms. The van der Waals surface area contributed by atoms with Gasteiger partial charge in [-0.3, -0.25) is 4.79 Å². The highest BCUT2D eigenvalue weighted by Gasteiger charge is 2.15. The van der Waals surface area contributed by atoms with Gasteiger partial charge in [0.1, 0.15) is 5.75 Å². The number of benzene rings is 2. The monoisotopic (exact) mass is 381 g/mol. The molecule has 150 valence electrons. The molecule has 1 saturated heterocycles. The normalized spacial score (nSPS) is 14.7. The molecule has 0 aliphatic carbocycles. The number of methoxy groups -OCH3 is 1. The van der Waals surface area contributed by atoms with Crippen molar-refractivity contribution >= 4 is 17.3 Å². The van der Waals surface area contributed by atoms with Gasteiger partial charge in [0.25, 0.3) is 0 Å². The minimum atomic E-state index is 0.0204.